The van der Waals surface area contributed by atoms with Crippen LogP contribution in [0.4, 0.5) is 5.69 Å². The van der Waals surface area contributed by atoms with Crippen molar-refractivity contribution in [3.63, 3.8) is 0 Å². The van der Waals surface area contributed by atoms with Crippen molar-refractivity contribution in [3.05, 3.63) is 54.0 Å². The number of rotatable bonds is 6. The van der Waals surface area contributed by atoms with Crippen molar-refractivity contribution in [2.24, 2.45) is 4.99 Å². The van der Waals surface area contributed by atoms with Crippen LogP contribution >= 0.6 is 24.0 Å². The van der Waals surface area contributed by atoms with Crippen LogP contribution in [0, 0.1) is 0 Å². The normalized spacial score (nSPS) is 11.2. The number of guanidine groups is 1. The van der Waals surface area contributed by atoms with E-state index in [0.29, 0.717) is 18.2 Å². The minimum absolute atomic E-state index is 0. The molecule has 0 spiro atoms. The zero-order chi connectivity index (χ0) is 20.6. The van der Waals surface area contributed by atoms with Crippen LogP contribution in [0.1, 0.15) is 36.9 Å². The highest BCUT2D eigenvalue weighted by Crippen LogP contribution is 2.12. The number of nitrogens with one attached hydrogen (secondary N) is 4. The number of anilines is 1. The molecular weight excluding hydrogens is 485 g/mol. The quantitative estimate of drug-likeness (QED) is 0.270. The van der Waals surface area contributed by atoms with Gasteiger partial charge in [0, 0.05) is 24.8 Å². The van der Waals surface area contributed by atoms with Crippen molar-refractivity contribution in [3.8, 4) is 0 Å². The van der Waals surface area contributed by atoms with Gasteiger partial charge in [-0.25, -0.2) is 0 Å². The number of hydrogen-bond donors (Lipinski definition) is 4. The third-order valence-electron chi connectivity index (χ3n) is 3.54. The number of benzene rings is 1. The molecule has 2 aromatic rings. The first-order valence-corrected chi connectivity index (χ1v) is 8.96. The number of amides is 2. The van der Waals surface area contributed by atoms with Crippen molar-refractivity contribution in [2.45, 2.75) is 32.9 Å². The van der Waals surface area contributed by atoms with E-state index in [1.807, 2.05) is 39.0 Å². The molecule has 0 saturated carbocycles. The van der Waals surface area contributed by atoms with Crippen LogP contribution in [0.25, 0.3) is 0 Å². The smallest absolute Gasteiger partial charge is 0.291 e. The van der Waals surface area contributed by atoms with Gasteiger partial charge in [0.1, 0.15) is 0 Å². The zero-order valence-electron chi connectivity index (χ0n) is 17.0. The average Bonchev–Trinajstić information content (AvgIpc) is 3.15. The number of hydrogen-bond acceptors (Lipinski definition) is 4. The molecule has 0 radical (unpaired) electrons. The molecule has 9 heteroatoms. The molecule has 0 aliphatic rings. The summed E-state index contributed by atoms with van der Waals surface area (Å²) in [6.45, 7) is 6.38. The molecule has 0 aliphatic carbocycles. The van der Waals surface area contributed by atoms with Crippen LogP contribution in [-0.2, 0) is 11.3 Å². The standard InChI is InChI=1S/C20H27N5O3.HI/c1-20(2,3)25-17(26)13-23-19(21-4)22-12-14-7-5-8-15(11-14)24-18(27)16-9-6-10-28-16;/h5-11H,12-13H2,1-4H3,(H,24,27)(H,25,26)(H2,21,22,23);1H. The Kier molecular flexibility index (Phi) is 9.66. The summed E-state index contributed by atoms with van der Waals surface area (Å²) in [4.78, 5) is 28.1. The average molecular weight is 513 g/mol. The molecule has 2 amide bonds. The third-order valence-corrected chi connectivity index (χ3v) is 3.54. The topological polar surface area (TPSA) is 108 Å². The number of aliphatic imine (C=N–C) groups is 1. The second kappa shape index (κ2) is 11.4. The van der Waals surface area contributed by atoms with Gasteiger partial charge in [0.05, 0.1) is 12.8 Å². The number of nitrogens with zero attached hydrogens (tertiary/aromatic N) is 1. The lowest BCUT2D eigenvalue weighted by atomic mass is 10.1. The first-order valence-electron chi connectivity index (χ1n) is 8.96. The molecule has 158 valence electrons. The zero-order valence-corrected chi connectivity index (χ0v) is 19.4. The van der Waals surface area contributed by atoms with Crippen LogP contribution in [0.3, 0.4) is 0 Å². The second-order valence-electron chi connectivity index (χ2n) is 7.21. The summed E-state index contributed by atoms with van der Waals surface area (Å²) in [5, 5.41) is 11.8. The molecule has 0 aliphatic heterocycles. The van der Waals surface area contributed by atoms with Gasteiger partial charge in [-0.15, -0.1) is 24.0 Å². The van der Waals surface area contributed by atoms with E-state index in [-0.39, 0.29) is 53.6 Å². The summed E-state index contributed by atoms with van der Waals surface area (Å²) in [7, 11) is 1.64. The van der Waals surface area contributed by atoms with E-state index in [9.17, 15) is 9.59 Å². The maximum Gasteiger partial charge on any atom is 0.291 e. The lowest BCUT2D eigenvalue weighted by Crippen LogP contribution is -2.48. The Bertz CT molecular complexity index is 829. The van der Waals surface area contributed by atoms with Gasteiger partial charge in [-0.2, -0.15) is 0 Å². The summed E-state index contributed by atoms with van der Waals surface area (Å²) < 4.78 is 5.09. The van der Waals surface area contributed by atoms with Gasteiger partial charge in [0.25, 0.3) is 5.91 Å². The molecule has 1 heterocycles. The summed E-state index contributed by atoms with van der Waals surface area (Å²) in [6.07, 6.45) is 1.45. The SMILES string of the molecule is CN=C(NCC(=O)NC(C)(C)C)NCc1cccc(NC(=O)c2ccco2)c1.I. The van der Waals surface area contributed by atoms with E-state index in [1.165, 1.54) is 6.26 Å². The van der Waals surface area contributed by atoms with Gasteiger partial charge in [-0.05, 0) is 50.6 Å². The number of furan rings is 1. The highest BCUT2D eigenvalue weighted by molar-refractivity contribution is 14.0. The summed E-state index contributed by atoms with van der Waals surface area (Å²) >= 11 is 0. The van der Waals surface area contributed by atoms with E-state index in [4.69, 9.17) is 4.42 Å². The summed E-state index contributed by atoms with van der Waals surface area (Å²) in [6, 6.07) is 10.7. The molecule has 0 bridgehead atoms. The first-order chi connectivity index (χ1) is 13.3. The van der Waals surface area contributed by atoms with Crippen molar-refractivity contribution in [2.75, 3.05) is 18.9 Å². The van der Waals surface area contributed by atoms with E-state index in [1.54, 1.807) is 25.2 Å². The van der Waals surface area contributed by atoms with Crippen molar-refractivity contribution >= 4 is 47.4 Å². The van der Waals surface area contributed by atoms with Crippen molar-refractivity contribution < 1.29 is 14.0 Å². The van der Waals surface area contributed by atoms with Gasteiger partial charge < -0.3 is 25.7 Å². The van der Waals surface area contributed by atoms with Crippen LogP contribution in [0.2, 0.25) is 0 Å². The maximum atomic E-state index is 12.1. The Morgan fingerprint density at radius 2 is 1.86 bits per heavy atom. The Labute approximate surface area is 187 Å². The third kappa shape index (κ3) is 8.99. The summed E-state index contributed by atoms with van der Waals surface area (Å²) in [5.41, 5.74) is 1.32. The van der Waals surface area contributed by atoms with E-state index in [0.717, 1.165) is 5.56 Å². The monoisotopic (exact) mass is 513 g/mol. The highest BCUT2D eigenvalue weighted by Gasteiger charge is 2.13. The maximum absolute atomic E-state index is 12.1. The molecule has 8 nitrogen and oxygen atoms in total. The Morgan fingerprint density at radius 1 is 1.10 bits per heavy atom. The van der Waals surface area contributed by atoms with E-state index in [2.05, 4.69) is 26.3 Å². The molecule has 1 aromatic heterocycles. The predicted molar refractivity (Wildman–Crippen MR) is 125 cm³/mol. The number of carbonyl (C=O) groups excluding carboxylic acids is 2. The van der Waals surface area contributed by atoms with Crippen LogP contribution in [0.5, 0.6) is 0 Å². The molecule has 2 rings (SSSR count). The fourth-order valence-electron chi connectivity index (χ4n) is 2.39. The van der Waals surface area contributed by atoms with Gasteiger partial charge in [0.2, 0.25) is 5.91 Å². The van der Waals surface area contributed by atoms with Gasteiger partial charge in [0.15, 0.2) is 11.7 Å². The van der Waals surface area contributed by atoms with Gasteiger partial charge in [-0.1, -0.05) is 12.1 Å². The first kappa shape index (κ1) is 24.5. The van der Waals surface area contributed by atoms with E-state index >= 15 is 0 Å². The molecular formula is C20H28IN5O3. The molecule has 0 fully saturated rings. The lowest BCUT2D eigenvalue weighted by Gasteiger charge is -2.21. The molecule has 0 saturated heterocycles. The van der Waals surface area contributed by atoms with Gasteiger partial charge >= 0.3 is 0 Å². The molecule has 29 heavy (non-hydrogen) atoms. The minimum atomic E-state index is -0.308. The van der Waals surface area contributed by atoms with Gasteiger partial charge in [-0.3, -0.25) is 14.6 Å². The fraction of sp³-hybridized carbons (Fsp3) is 0.350. The number of halogens is 1. The van der Waals surface area contributed by atoms with Crippen LogP contribution < -0.4 is 21.3 Å². The highest BCUT2D eigenvalue weighted by atomic mass is 127. The van der Waals surface area contributed by atoms with Crippen LogP contribution in [0.15, 0.2) is 52.1 Å². The lowest BCUT2D eigenvalue weighted by molar-refractivity contribution is -0.121. The predicted octanol–water partition coefficient (Wildman–Crippen LogP) is 2.73. The minimum Gasteiger partial charge on any atom is -0.459 e. The van der Waals surface area contributed by atoms with Crippen LogP contribution in [-0.4, -0.2) is 36.9 Å². The Hall–Kier alpha value is -2.56. The molecule has 0 unspecified atom stereocenters. The summed E-state index contributed by atoms with van der Waals surface area (Å²) in [5.74, 6) is 0.339. The fourth-order valence-corrected chi connectivity index (χ4v) is 2.39. The Balaban J connectivity index is 0.00000420. The second-order valence-corrected chi connectivity index (χ2v) is 7.21. The largest absolute Gasteiger partial charge is 0.459 e. The number of carbonyl (C=O) groups is 2. The Morgan fingerprint density at radius 3 is 2.48 bits per heavy atom. The van der Waals surface area contributed by atoms with E-state index < -0.39 is 0 Å². The van der Waals surface area contributed by atoms with Crippen molar-refractivity contribution in [1.29, 1.82) is 0 Å². The molecule has 4 N–H and O–H groups in total. The van der Waals surface area contributed by atoms with Crippen molar-refractivity contribution in [1.82, 2.24) is 16.0 Å². The molecule has 1 aromatic carbocycles. The molecule has 0 atom stereocenters.